The van der Waals surface area contributed by atoms with Crippen LogP contribution in [-0.4, -0.2) is 64.9 Å². The lowest BCUT2D eigenvalue weighted by Crippen LogP contribution is -2.56. The smallest absolute Gasteiger partial charge is 0.419 e. The molecule has 0 saturated carbocycles. The van der Waals surface area contributed by atoms with E-state index in [1.54, 1.807) is 6.07 Å². The zero-order valence-corrected chi connectivity index (χ0v) is 21.2. The van der Waals surface area contributed by atoms with Gasteiger partial charge in [-0.05, 0) is 18.1 Å². The van der Waals surface area contributed by atoms with Crippen molar-refractivity contribution in [3.63, 3.8) is 0 Å². The van der Waals surface area contributed by atoms with Gasteiger partial charge in [0.05, 0.1) is 17.3 Å². The molecule has 1 aliphatic heterocycles. The standard InChI is InChI=1S/C25H22F5N5O3S/c1-39(37,38)35-8-7-34(13-15(35)9-14-5-3-2-4-6-14)20-11-19-17(12-31-20)23(33-32-19)16-10-18(25(28,29)30)22(27)24(36)21(16)26/h2-6,10-12,15,36H,7-9,13H2,1H3,(H,32,33)/t15-/m0/s1. The van der Waals surface area contributed by atoms with Gasteiger partial charge in [0.2, 0.25) is 10.0 Å². The molecule has 8 nitrogen and oxygen atoms in total. The number of aromatic hydroxyl groups is 1. The molecule has 14 heteroatoms. The highest BCUT2D eigenvalue weighted by molar-refractivity contribution is 7.88. The van der Waals surface area contributed by atoms with E-state index in [9.17, 15) is 35.5 Å². The number of pyridine rings is 1. The van der Waals surface area contributed by atoms with Crippen LogP contribution < -0.4 is 4.90 Å². The second kappa shape index (κ2) is 9.75. The van der Waals surface area contributed by atoms with Gasteiger partial charge < -0.3 is 10.0 Å². The number of nitrogens with zero attached hydrogens (tertiary/aromatic N) is 4. The number of aromatic amines is 1. The van der Waals surface area contributed by atoms with E-state index in [4.69, 9.17) is 0 Å². The van der Waals surface area contributed by atoms with E-state index < -0.39 is 44.7 Å². The predicted molar refractivity (Wildman–Crippen MR) is 134 cm³/mol. The number of piperazine rings is 1. The molecule has 5 rings (SSSR count). The number of nitrogens with one attached hydrogen (secondary N) is 1. The van der Waals surface area contributed by atoms with E-state index >= 15 is 0 Å². The highest BCUT2D eigenvalue weighted by atomic mass is 32.2. The molecule has 39 heavy (non-hydrogen) atoms. The molecule has 0 spiro atoms. The molecule has 2 aromatic carbocycles. The summed E-state index contributed by atoms with van der Waals surface area (Å²) < 4.78 is 94.7. The highest BCUT2D eigenvalue weighted by Gasteiger charge is 2.38. The molecule has 4 aromatic rings. The Labute approximate surface area is 219 Å². The van der Waals surface area contributed by atoms with Gasteiger partial charge in [-0.3, -0.25) is 5.10 Å². The molecule has 0 aliphatic carbocycles. The number of phenols is 1. The van der Waals surface area contributed by atoms with Gasteiger partial charge in [0.15, 0.2) is 17.4 Å². The lowest BCUT2D eigenvalue weighted by Gasteiger charge is -2.40. The maximum absolute atomic E-state index is 14.7. The molecule has 1 atom stereocenters. The van der Waals surface area contributed by atoms with Crippen molar-refractivity contribution in [2.75, 3.05) is 30.8 Å². The molecule has 0 amide bonds. The van der Waals surface area contributed by atoms with Gasteiger partial charge in [0.1, 0.15) is 11.5 Å². The van der Waals surface area contributed by atoms with Crippen LogP contribution in [0.4, 0.5) is 27.8 Å². The molecule has 2 N–H and O–H groups in total. The summed E-state index contributed by atoms with van der Waals surface area (Å²) in [5.41, 5.74) is -1.59. The lowest BCUT2D eigenvalue weighted by molar-refractivity contribution is -0.140. The molecule has 0 radical (unpaired) electrons. The third-order valence-electron chi connectivity index (χ3n) is 6.66. The maximum atomic E-state index is 14.7. The van der Waals surface area contributed by atoms with E-state index in [0.29, 0.717) is 30.8 Å². The SMILES string of the molecule is CS(=O)(=O)N1CCN(c2cc3[nH]nc(-c4cc(C(F)(F)F)c(F)c(O)c4F)c3cn2)C[C@@H]1Cc1ccccc1. The Balaban J connectivity index is 1.48. The van der Waals surface area contributed by atoms with Crippen molar-refractivity contribution in [2.45, 2.75) is 18.6 Å². The van der Waals surface area contributed by atoms with Crippen molar-refractivity contribution in [1.82, 2.24) is 19.5 Å². The lowest BCUT2D eigenvalue weighted by atomic mass is 10.0. The average Bonchev–Trinajstić information content (AvgIpc) is 3.30. The summed E-state index contributed by atoms with van der Waals surface area (Å²) in [5.74, 6) is -5.00. The second-order valence-corrected chi connectivity index (χ2v) is 11.2. The Morgan fingerprint density at radius 3 is 2.49 bits per heavy atom. The zero-order valence-electron chi connectivity index (χ0n) is 20.4. The van der Waals surface area contributed by atoms with Crippen molar-refractivity contribution in [3.05, 3.63) is 71.4 Å². The van der Waals surface area contributed by atoms with Crippen LogP contribution in [0, 0.1) is 11.6 Å². The molecule has 3 heterocycles. The van der Waals surface area contributed by atoms with Crippen LogP contribution in [0.25, 0.3) is 22.2 Å². The average molecular weight is 568 g/mol. The number of fused-ring (bicyclic) bond motifs is 1. The summed E-state index contributed by atoms with van der Waals surface area (Å²) in [6.07, 6.45) is -2.26. The predicted octanol–water partition coefficient (Wildman–Crippen LogP) is 4.32. The summed E-state index contributed by atoms with van der Waals surface area (Å²) in [5, 5.41) is 16.3. The van der Waals surface area contributed by atoms with Gasteiger partial charge in [-0.1, -0.05) is 30.3 Å². The largest absolute Gasteiger partial charge is 0.503 e. The molecule has 1 fully saturated rings. The fourth-order valence-electron chi connectivity index (χ4n) is 4.82. The summed E-state index contributed by atoms with van der Waals surface area (Å²) in [7, 11) is -3.48. The first-order valence-corrected chi connectivity index (χ1v) is 13.6. The number of hydrogen-bond acceptors (Lipinski definition) is 6. The Morgan fingerprint density at radius 2 is 1.82 bits per heavy atom. The Kier molecular flexibility index (Phi) is 6.71. The normalized spacial score (nSPS) is 17.2. The number of H-pyrrole nitrogens is 1. The quantitative estimate of drug-likeness (QED) is 0.349. The topological polar surface area (TPSA) is 102 Å². The van der Waals surface area contributed by atoms with Crippen molar-refractivity contribution in [3.8, 4) is 17.0 Å². The first-order chi connectivity index (χ1) is 18.3. The molecular formula is C25H22F5N5O3S. The van der Waals surface area contributed by atoms with Gasteiger partial charge in [0, 0.05) is 48.9 Å². The van der Waals surface area contributed by atoms with Crippen LogP contribution in [0.5, 0.6) is 5.75 Å². The third kappa shape index (κ3) is 5.13. The summed E-state index contributed by atoms with van der Waals surface area (Å²) in [4.78, 5) is 6.25. The van der Waals surface area contributed by atoms with Crippen molar-refractivity contribution >= 4 is 26.7 Å². The first kappa shape index (κ1) is 26.8. The number of halogens is 5. The van der Waals surface area contributed by atoms with E-state index in [2.05, 4.69) is 15.2 Å². The number of rotatable bonds is 5. The summed E-state index contributed by atoms with van der Waals surface area (Å²) in [6, 6.07) is 10.9. The number of phenolic OH excluding ortho intramolecular Hbond substituents is 1. The molecule has 0 unspecified atom stereocenters. The first-order valence-electron chi connectivity index (χ1n) is 11.7. The van der Waals surface area contributed by atoms with E-state index in [0.717, 1.165) is 11.8 Å². The van der Waals surface area contributed by atoms with Crippen molar-refractivity contribution in [1.29, 1.82) is 0 Å². The van der Waals surface area contributed by atoms with Gasteiger partial charge in [-0.25, -0.2) is 22.2 Å². The van der Waals surface area contributed by atoms with Gasteiger partial charge >= 0.3 is 6.18 Å². The van der Waals surface area contributed by atoms with E-state index in [-0.39, 0.29) is 29.7 Å². The minimum absolute atomic E-state index is 0.146. The number of benzene rings is 2. The number of aromatic nitrogens is 3. The number of sulfonamides is 1. The zero-order chi connectivity index (χ0) is 28.1. The molecule has 0 bridgehead atoms. The number of alkyl halides is 3. The minimum Gasteiger partial charge on any atom is -0.503 e. The van der Waals surface area contributed by atoms with E-state index in [1.807, 2.05) is 35.2 Å². The molecule has 2 aromatic heterocycles. The summed E-state index contributed by atoms with van der Waals surface area (Å²) >= 11 is 0. The number of anilines is 1. The van der Waals surface area contributed by atoms with Crippen LogP contribution in [0.2, 0.25) is 0 Å². The van der Waals surface area contributed by atoms with Gasteiger partial charge in [-0.15, -0.1) is 0 Å². The summed E-state index contributed by atoms with van der Waals surface area (Å²) in [6.45, 7) is 0.856. The number of hydrogen-bond donors (Lipinski definition) is 2. The fraction of sp³-hybridized carbons (Fsp3) is 0.280. The molecule has 1 saturated heterocycles. The second-order valence-electron chi connectivity index (χ2n) is 9.27. The molecule has 206 valence electrons. The fourth-order valence-corrected chi connectivity index (χ4v) is 5.91. The highest BCUT2D eigenvalue weighted by Crippen LogP contribution is 2.41. The van der Waals surface area contributed by atoms with Crippen molar-refractivity contribution in [2.24, 2.45) is 0 Å². The maximum Gasteiger partial charge on any atom is 0.419 e. The van der Waals surface area contributed by atoms with Gasteiger partial charge in [0.25, 0.3) is 0 Å². The van der Waals surface area contributed by atoms with Crippen LogP contribution in [0.3, 0.4) is 0 Å². The minimum atomic E-state index is -5.17. The molecule has 1 aliphatic rings. The monoisotopic (exact) mass is 567 g/mol. The third-order valence-corrected chi connectivity index (χ3v) is 8.00. The van der Waals surface area contributed by atoms with Crippen LogP contribution in [-0.2, 0) is 22.6 Å². The van der Waals surface area contributed by atoms with Crippen LogP contribution in [0.15, 0.2) is 48.7 Å². The Hall–Kier alpha value is -3.78. The Bertz CT molecular complexity index is 1640. The van der Waals surface area contributed by atoms with Crippen LogP contribution in [0.1, 0.15) is 11.1 Å². The van der Waals surface area contributed by atoms with E-state index in [1.165, 1.54) is 10.5 Å². The Morgan fingerprint density at radius 1 is 1.10 bits per heavy atom. The van der Waals surface area contributed by atoms with Crippen LogP contribution >= 0.6 is 0 Å². The van der Waals surface area contributed by atoms with Crippen molar-refractivity contribution < 1.29 is 35.5 Å². The van der Waals surface area contributed by atoms with Gasteiger partial charge in [-0.2, -0.15) is 22.6 Å². The molecular weight excluding hydrogens is 545 g/mol.